The molecule has 0 aromatic rings. The van der Waals surface area contributed by atoms with Crippen LogP contribution < -0.4 is 0 Å². The van der Waals surface area contributed by atoms with E-state index in [1.165, 1.54) is 12.8 Å². The highest BCUT2D eigenvalue weighted by atomic mass is 16.1. The summed E-state index contributed by atoms with van der Waals surface area (Å²) in [5.74, 6) is 2.65. The monoisotopic (exact) mass is 234 g/mol. The van der Waals surface area contributed by atoms with E-state index in [-0.39, 0.29) is 17.3 Å². The molecular formula is C16H26O. The third-order valence-electron chi connectivity index (χ3n) is 5.79. The van der Waals surface area contributed by atoms with Gasteiger partial charge in [-0.15, -0.1) is 6.58 Å². The van der Waals surface area contributed by atoms with Crippen LogP contribution in [-0.4, -0.2) is 5.78 Å². The average molecular weight is 234 g/mol. The van der Waals surface area contributed by atoms with Gasteiger partial charge in [0.15, 0.2) is 0 Å². The summed E-state index contributed by atoms with van der Waals surface area (Å²) in [6, 6.07) is 0. The maximum absolute atomic E-state index is 12.6. The summed E-state index contributed by atoms with van der Waals surface area (Å²) in [5, 5.41) is 0. The van der Waals surface area contributed by atoms with Gasteiger partial charge in [-0.25, -0.2) is 0 Å². The highest BCUT2D eigenvalue weighted by Crippen LogP contribution is 2.56. The van der Waals surface area contributed by atoms with Crippen molar-refractivity contribution in [2.24, 2.45) is 35.0 Å². The van der Waals surface area contributed by atoms with Gasteiger partial charge in [0.05, 0.1) is 0 Å². The van der Waals surface area contributed by atoms with Gasteiger partial charge in [0, 0.05) is 11.8 Å². The summed E-state index contributed by atoms with van der Waals surface area (Å²) in [7, 11) is 0. The Labute approximate surface area is 106 Å². The Morgan fingerprint density at radius 3 is 2.59 bits per heavy atom. The minimum absolute atomic E-state index is 0.217. The first-order valence-electron chi connectivity index (χ1n) is 7.08. The molecule has 96 valence electrons. The summed E-state index contributed by atoms with van der Waals surface area (Å²) in [5.41, 5.74) is 0.217. The third kappa shape index (κ3) is 1.78. The number of allylic oxidation sites excluding steroid dienone is 1. The third-order valence-corrected chi connectivity index (χ3v) is 5.79. The van der Waals surface area contributed by atoms with Gasteiger partial charge >= 0.3 is 0 Å². The summed E-state index contributed by atoms with van der Waals surface area (Å²) in [6.07, 6.45) is 5.58. The molecule has 0 amide bonds. The lowest BCUT2D eigenvalue weighted by Crippen LogP contribution is -2.53. The van der Waals surface area contributed by atoms with Crippen LogP contribution in [0.3, 0.4) is 0 Å². The summed E-state index contributed by atoms with van der Waals surface area (Å²) in [4.78, 5) is 12.6. The minimum Gasteiger partial charge on any atom is -0.299 e. The van der Waals surface area contributed by atoms with Crippen LogP contribution in [0.2, 0.25) is 0 Å². The van der Waals surface area contributed by atoms with E-state index in [4.69, 9.17) is 0 Å². The quantitative estimate of drug-likeness (QED) is 0.625. The topological polar surface area (TPSA) is 17.1 Å². The molecule has 0 unspecified atom stereocenters. The number of hydrogen-bond donors (Lipinski definition) is 0. The molecule has 0 heterocycles. The van der Waals surface area contributed by atoms with Crippen LogP contribution in [0.25, 0.3) is 0 Å². The molecule has 0 aromatic heterocycles. The molecule has 0 aromatic carbocycles. The molecule has 2 fully saturated rings. The predicted molar refractivity (Wildman–Crippen MR) is 71.6 cm³/mol. The highest BCUT2D eigenvalue weighted by Gasteiger charge is 2.54. The number of carbonyl (C=O) groups excluding carboxylic acids is 1. The van der Waals surface area contributed by atoms with Crippen molar-refractivity contribution in [1.29, 1.82) is 0 Å². The van der Waals surface area contributed by atoms with E-state index >= 15 is 0 Å². The largest absolute Gasteiger partial charge is 0.299 e. The van der Waals surface area contributed by atoms with Crippen molar-refractivity contribution < 1.29 is 4.79 Å². The molecular weight excluding hydrogens is 208 g/mol. The predicted octanol–water partition coefficient (Wildman–Crippen LogP) is 4.09. The first-order chi connectivity index (χ1) is 7.91. The maximum Gasteiger partial charge on any atom is 0.139 e. The fourth-order valence-electron chi connectivity index (χ4n) is 4.31. The number of fused-ring (bicyclic) bond motifs is 1. The zero-order chi connectivity index (χ0) is 12.8. The van der Waals surface area contributed by atoms with Crippen LogP contribution in [0, 0.1) is 35.0 Å². The van der Waals surface area contributed by atoms with E-state index in [9.17, 15) is 4.79 Å². The Hall–Kier alpha value is -0.590. The van der Waals surface area contributed by atoms with Gasteiger partial charge < -0.3 is 0 Å². The number of carbonyl (C=O) groups is 1. The summed E-state index contributed by atoms with van der Waals surface area (Å²) >= 11 is 0. The second-order valence-corrected chi connectivity index (χ2v) is 6.75. The van der Waals surface area contributed by atoms with Crippen molar-refractivity contribution >= 4 is 5.78 Å². The molecule has 0 N–H and O–H groups in total. The Morgan fingerprint density at radius 1 is 1.35 bits per heavy atom. The molecule has 2 aliphatic carbocycles. The van der Waals surface area contributed by atoms with Crippen molar-refractivity contribution in [2.75, 3.05) is 0 Å². The van der Waals surface area contributed by atoms with Gasteiger partial charge in [0.2, 0.25) is 0 Å². The lowest BCUT2D eigenvalue weighted by atomic mass is 9.49. The minimum atomic E-state index is 0.217. The van der Waals surface area contributed by atoms with Crippen molar-refractivity contribution in [3.63, 3.8) is 0 Å². The fourth-order valence-corrected chi connectivity index (χ4v) is 4.31. The van der Waals surface area contributed by atoms with E-state index in [2.05, 4.69) is 40.3 Å². The molecule has 1 heteroatoms. The summed E-state index contributed by atoms with van der Waals surface area (Å²) < 4.78 is 0. The second kappa shape index (κ2) is 4.26. The van der Waals surface area contributed by atoms with Gasteiger partial charge in [0.1, 0.15) is 5.78 Å². The molecule has 2 saturated carbocycles. The number of ketones is 1. The van der Waals surface area contributed by atoms with E-state index in [0.717, 1.165) is 6.42 Å². The first-order valence-corrected chi connectivity index (χ1v) is 7.08. The van der Waals surface area contributed by atoms with E-state index in [1.54, 1.807) is 0 Å². The molecule has 0 bridgehead atoms. The van der Waals surface area contributed by atoms with Gasteiger partial charge in [-0.05, 0) is 42.4 Å². The Balaban J connectivity index is 2.40. The van der Waals surface area contributed by atoms with Crippen molar-refractivity contribution in [2.45, 2.75) is 47.0 Å². The van der Waals surface area contributed by atoms with Crippen molar-refractivity contribution in [3.8, 4) is 0 Å². The molecule has 0 saturated heterocycles. The molecule has 6 atom stereocenters. The number of hydrogen-bond acceptors (Lipinski definition) is 1. The van der Waals surface area contributed by atoms with Gasteiger partial charge in [-0.2, -0.15) is 0 Å². The Bertz CT molecular complexity index is 332. The smallest absolute Gasteiger partial charge is 0.139 e. The molecule has 1 nitrogen and oxygen atoms in total. The fraction of sp³-hybridized carbons (Fsp3) is 0.812. The average Bonchev–Trinajstić information content (AvgIpc) is 2.29. The molecule has 2 aliphatic rings. The zero-order valence-corrected chi connectivity index (χ0v) is 11.7. The molecule has 17 heavy (non-hydrogen) atoms. The van der Waals surface area contributed by atoms with Crippen molar-refractivity contribution in [3.05, 3.63) is 12.7 Å². The van der Waals surface area contributed by atoms with Gasteiger partial charge in [-0.3, -0.25) is 4.79 Å². The van der Waals surface area contributed by atoms with E-state index < -0.39 is 0 Å². The molecule has 0 aliphatic heterocycles. The number of rotatable bonds is 1. The van der Waals surface area contributed by atoms with Crippen LogP contribution in [-0.2, 0) is 4.79 Å². The van der Waals surface area contributed by atoms with Crippen molar-refractivity contribution in [1.82, 2.24) is 0 Å². The second-order valence-electron chi connectivity index (χ2n) is 6.75. The maximum atomic E-state index is 12.6. The zero-order valence-electron chi connectivity index (χ0n) is 11.7. The molecule has 0 radical (unpaired) electrons. The first kappa shape index (κ1) is 12.9. The Kier molecular flexibility index (Phi) is 3.22. The SMILES string of the molecule is C=C[C@H]1[C@H](C)CC[C@@]2(C)[C@H](C)C[C@H](C)C(=O)[C@H]12. The van der Waals surface area contributed by atoms with Gasteiger partial charge in [-0.1, -0.05) is 33.8 Å². The van der Waals surface area contributed by atoms with Crippen LogP contribution in [0.5, 0.6) is 0 Å². The number of Topliss-reactive ketones (excluding diaryl/α,β-unsaturated/α-hetero) is 1. The Morgan fingerprint density at radius 2 is 2.00 bits per heavy atom. The highest BCUT2D eigenvalue weighted by molar-refractivity contribution is 5.85. The van der Waals surface area contributed by atoms with E-state index in [0.29, 0.717) is 23.5 Å². The van der Waals surface area contributed by atoms with Crippen LogP contribution in [0.1, 0.15) is 47.0 Å². The summed E-state index contributed by atoms with van der Waals surface area (Å²) in [6.45, 7) is 13.1. The van der Waals surface area contributed by atoms with Crippen LogP contribution >= 0.6 is 0 Å². The normalized spacial score (nSPS) is 50.8. The van der Waals surface area contributed by atoms with E-state index in [1.807, 2.05) is 0 Å². The lowest BCUT2D eigenvalue weighted by molar-refractivity contribution is -0.146. The van der Waals surface area contributed by atoms with Crippen LogP contribution in [0.4, 0.5) is 0 Å². The lowest BCUT2D eigenvalue weighted by Gasteiger charge is -2.54. The standard InChI is InChI=1S/C16H26O/c1-6-13-10(2)7-8-16(5)12(4)9-11(3)15(17)14(13)16/h6,10-14H,1,7-9H2,2-5H3/t10-,11+,12-,13+,14+,16+/m1/s1. The van der Waals surface area contributed by atoms with Crippen LogP contribution in [0.15, 0.2) is 12.7 Å². The molecule has 2 rings (SSSR count). The van der Waals surface area contributed by atoms with Gasteiger partial charge in [0.25, 0.3) is 0 Å². The molecule has 0 spiro atoms.